The van der Waals surface area contributed by atoms with Crippen LogP contribution >= 0.6 is 0 Å². The fourth-order valence-electron chi connectivity index (χ4n) is 2.80. The number of fused-ring (bicyclic) bond motifs is 1. The molecule has 19 heavy (non-hydrogen) atoms. The second kappa shape index (κ2) is 4.33. The van der Waals surface area contributed by atoms with Crippen LogP contribution in [0.3, 0.4) is 0 Å². The second-order valence-electron chi connectivity index (χ2n) is 5.46. The number of hydrogen-bond acceptors (Lipinski definition) is 4. The summed E-state index contributed by atoms with van der Waals surface area (Å²) in [4.78, 5) is 8.70. The average molecular weight is 255 g/mol. The van der Waals surface area contributed by atoms with Gasteiger partial charge in [0.1, 0.15) is 0 Å². The molecule has 1 fully saturated rings. The van der Waals surface area contributed by atoms with E-state index in [4.69, 9.17) is 0 Å². The number of nitrogens with one attached hydrogen (secondary N) is 1. The fraction of sp³-hybridized carbons (Fsp3) is 0.500. The summed E-state index contributed by atoms with van der Waals surface area (Å²) < 4.78 is 2.03. The molecule has 5 heteroatoms. The summed E-state index contributed by atoms with van der Waals surface area (Å²) in [5.74, 6) is 3.02. The zero-order valence-electron chi connectivity index (χ0n) is 10.8. The second-order valence-corrected chi connectivity index (χ2v) is 5.46. The summed E-state index contributed by atoms with van der Waals surface area (Å²) in [5.41, 5.74) is 1.31. The molecule has 3 heterocycles. The smallest absolute Gasteiger partial charge is 0.221 e. The van der Waals surface area contributed by atoms with Gasteiger partial charge in [0.15, 0.2) is 5.82 Å². The van der Waals surface area contributed by atoms with Crippen molar-refractivity contribution in [2.75, 3.05) is 11.9 Å². The lowest BCUT2D eigenvalue weighted by atomic mass is 9.85. The SMILES string of the molecule is c1cc(C2CNc3nc(C4CCC4)nn3C2)ccn1. The summed E-state index contributed by atoms with van der Waals surface area (Å²) in [5, 5.41) is 8.08. The van der Waals surface area contributed by atoms with E-state index in [-0.39, 0.29) is 0 Å². The maximum absolute atomic E-state index is 4.68. The van der Waals surface area contributed by atoms with Gasteiger partial charge in [-0.25, -0.2) is 4.68 Å². The van der Waals surface area contributed by atoms with Gasteiger partial charge in [-0.2, -0.15) is 10.1 Å². The Morgan fingerprint density at radius 1 is 1.16 bits per heavy atom. The standard InChI is InChI=1S/C14H17N5/c1-2-11(3-1)13-17-14-16-8-12(9-19(14)18-13)10-4-6-15-7-5-10/h4-7,11-12H,1-3,8-9H2,(H,16,17,18). The molecule has 0 bridgehead atoms. The first-order valence-electron chi connectivity index (χ1n) is 6.98. The van der Waals surface area contributed by atoms with Crippen LogP contribution in [0.5, 0.6) is 0 Å². The third-order valence-electron chi connectivity index (χ3n) is 4.24. The highest BCUT2D eigenvalue weighted by molar-refractivity contribution is 5.32. The van der Waals surface area contributed by atoms with Crippen molar-refractivity contribution < 1.29 is 0 Å². The molecule has 1 N–H and O–H groups in total. The molecule has 0 radical (unpaired) electrons. The monoisotopic (exact) mass is 255 g/mol. The van der Waals surface area contributed by atoms with E-state index in [0.717, 1.165) is 24.9 Å². The van der Waals surface area contributed by atoms with Crippen LogP contribution < -0.4 is 5.32 Å². The number of nitrogens with zero attached hydrogens (tertiary/aromatic N) is 4. The molecular weight excluding hydrogens is 238 g/mol. The molecule has 4 rings (SSSR count). The van der Waals surface area contributed by atoms with E-state index in [0.29, 0.717) is 11.8 Å². The minimum Gasteiger partial charge on any atom is -0.354 e. The van der Waals surface area contributed by atoms with Gasteiger partial charge < -0.3 is 5.32 Å². The Kier molecular flexibility index (Phi) is 2.50. The molecule has 0 aromatic carbocycles. The number of hydrogen-bond donors (Lipinski definition) is 1. The largest absolute Gasteiger partial charge is 0.354 e. The number of aromatic nitrogens is 4. The zero-order chi connectivity index (χ0) is 12.7. The summed E-state index contributed by atoms with van der Waals surface area (Å²) in [6.45, 7) is 1.83. The van der Waals surface area contributed by atoms with Crippen LogP contribution in [0.2, 0.25) is 0 Å². The van der Waals surface area contributed by atoms with E-state index in [9.17, 15) is 0 Å². The van der Waals surface area contributed by atoms with Crippen molar-refractivity contribution in [3.05, 3.63) is 35.9 Å². The van der Waals surface area contributed by atoms with Gasteiger partial charge in [0.05, 0.1) is 6.54 Å². The average Bonchev–Trinajstić information content (AvgIpc) is 2.79. The van der Waals surface area contributed by atoms with E-state index in [1.54, 1.807) is 0 Å². The first-order valence-corrected chi connectivity index (χ1v) is 6.98. The van der Waals surface area contributed by atoms with Gasteiger partial charge in [-0.05, 0) is 30.5 Å². The Balaban J connectivity index is 1.58. The van der Waals surface area contributed by atoms with E-state index in [1.165, 1.54) is 24.8 Å². The maximum atomic E-state index is 4.68. The van der Waals surface area contributed by atoms with Crippen LogP contribution in [0, 0.1) is 0 Å². The molecule has 1 atom stereocenters. The molecule has 2 aliphatic rings. The van der Waals surface area contributed by atoms with E-state index in [2.05, 4.69) is 32.5 Å². The zero-order valence-corrected chi connectivity index (χ0v) is 10.8. The Morgan fingerprint density at radius 3 is 2.74 bits per heavy atom. The molecule has 2 aromatic heterocycles. The van der Waals surface area contributed by atoms with Crippen LogP contribution in [0.25, 0.3) is 0 Å². The first-order chi connectivity index (χ1) is 9.40. The van der Waals surface area contributed by atoms with Gasteiger partial charge in [0, 0.05) is 30.8 Å². The Morgan fingerprint density at radius 2 is 2.00 bits per heavy atom. The highest BCUT2D eigenvalue weighted by Crippen LogP contribution is 2.35. The van der Waals surface area contributed by atoms with Gasteiger partial charge in [-0.3, -0.25) is 4.98 Å². The van der Waals surface area contributed by atoms with E-state index >= 15 is 0 Å². The molecule has 0 saturated heterocycles. The topological polar surface area (TPSA) is 55.6 Å². The van der Waals surface area contributed by atoms with Crippen LogP contribution in [-0.4, -0.2) is 26.3 Å². The normalized spacial score (nSPS) is 22.4. The third kappa shape index (κ3) is 1.89. The molecule has 1 aliphatic heterocycles. The van der Waals surface area contributed by atoms with Gasteiger partial charge in [0.25, 0.3) is 0 Å². The fourth-order valence-corrected chi connectivity index (χ4v) is 2.80. The molecule has 1 aliphatic carbocycles. The molecule has 1 unspecified atom stereocenters. The van der Waals surface area contributed by atoms with Gasteiger partial charge in [-0.1, -0.05) is 6.42 Å². The molecule has 2 aromatic rings. The summed E-state index contributed by atoms with van der Waals surface area (Å²) in [6.07, 6.45) is 7.52. The van der Waals surface area contributed by atoms with Gasteiger partial charge in [-0.15, -0.1) is 0 Å². The number of rotatable bonds is 2. The number of pyridine rings is 1. The van der Waals surface area contributed by atoms with Gasteiger partial charge >= 0.3 is 0 Å². The molecule has 0 spiro atoms. The van der Waals surface area contributed by atoms with Crippen molar-refractivity contribution in [2.45, 2.75) is 37.6 Å². The Bertz CT molecular complexity index is 573. The predicted octanol–water partition coefficient (Wildman–Crippen LogP) is 2.15. The van der Waals surface area contributed by atoms with Crippen LogP contribution in [0.4, 0.5) is 5.95 Å². The maximum Gasteiger partial charge on any atom is 0.221 e. The quantitative estimate of drug-likeness (QED) is 0.893. The molecule has 98 valence electrons. The van der Waals surface area contributed by atoms with Crippen LogP contribution in [0.15, 0.2) is 24.5 Å². The molecule has 5 nitrogen and oxygen atoms in total. The molecular formula is C14H17N5. The van der Waals surface area contributed by atoms with Crippen molar-refractivity contribution >= 4 is 5.95 Å². The lowest BCUT2D eigenvalue weighted by Gasteiger charge is -2.23. The minimum absolute atomic E-state index is 0.450. The van der Waals surface area contributed by atoms with Crippen molar-refractivity contribution in [3.63, 3.8) is 0 Å². The number of anilines is 1. The summed E-state index contributed by atoms with van der Waals surface area (Å²) in [7, 11) is 0. The van der Waals surface area contributed by atoms with E-state index < -0.39 is 0 Å². The van der Waals surface area contributed by atoms with Crippen molar-refractivity contribution in [1.82, 2.24) is 19.7 Å². The minimum atomic E-state index is 0.450. The predicted molar refractivity (Wildman–Crippen MR) is 72.1 cm³/mol. The van der Waals surface area contributed by atoms with Crippen molar-refractivity contribution in [2.24, 2.45) is 0 Å². The third-order valence-corrected chi connectivity index (χ3v) is 4.24. The highest BCUT2D eigenvalue weighted by atomic mass is 15.4. The lowest BCUT2D eigenvalue weighted by molar-refractivity contribution is 0.396. The summed E-state index contributed by atoms with van der Waals surface area (Å²) in [6, 6.07) is 4.17. The Hall–Kier alpha value is -1.91. The Labute approximate surface area is 112 Å². The van der Waals surface area contributed by atoms with Crippen molar-refractivity contribution in [1.29, 1.82) is 0 Å². The van der Waals surface area contributed by atoms with Crippen LogP contribution in [-0.2, 0) is 6.54 Å². The molecule has 1 saturated carbocycles. The molecule has 0 amide bonds. The highest BCUT2D eigenvalue weighted by Gasteiger charge is 2.28. The lowest BCUT2D eigenvalue weighted by Crippen LogP contribution is -2.26. The van der Waals surface area contributed by atoms with E-state index in [1.807, 2.05) is 17.1 Å². The summed E-state index contributed by atoms with van der Waals surface area (Å²) >= 11 is 0. The van der Waals surface area contributed by atoms with Crippen molar-refractivity contribution in [3.8, 4) is 0 Å². The van der Waals surface area contributed by atoms with Crippen LogP contribution in [0.1, 0.15) is 42.5 Å². The van der Waals surface area contributed by atoms with Gasteiger partial charge in [0.2, 0.25) is 5.95 Å². The first kappa shape index (κ1) is 11.0.